The third-order valence-corrected chi connectivity index (χ3v) is 5.03. The normalized spacial score (nSPS) is 14.8. The maximum absolute atomic E-state index is 12.5. The molecule has 0 aliphatic carbocycles. The summed E-state index contributed by atoms with van der Waals surface area (Å²) in [6, 6.07) is 15.4. The van der Waals surface area contributed by atoms with Gasteiger partial charge in [-0.15, -0.1) is 0 Å². The van der Waals surface area contributed by atoms with Gasteiger partial charge >= 0.3 is 0 Å². The quantitative estimate of drug-likeness (QED) is 0.789. The van der Waals surface area contributed by atoms with Crippen molar-refractivity contribution in [1.29, 1.82) is 0 Å². The molecular formula is C22H30N3O2+. The van der Waals surface area contributed by atoms with E-state index in [2.05, 4.69) is 36.2 Å². The number of benzene rings is 2. The van der Waals surface area contributed by atoms with E-state index in [0.29, 0.717) is 12.2 Å². The van der Waals surface area contributed by atoms with E-state index < -0.39 is 0 Å². The third-order valence-electron chi connectivity index (χ3n) is 5.03. The Kier molecular flexibility index (Phi) is 6.71. The molecule has 1 fully saturated rings. The van der Waals surface area contributed by atoms with Crippen molar-refractivity contribution in [1.82, 2.24) is 0 Å². The van der Waals surface area contributed by atoms with Gasteiger partial charge in [0.05, 0.1) is 39.3 Å². The van der Waals surface area contributed by atoms with E-state index in [1.807, 2.05) is 24.3 Å². The highest BCUT2D eigenvalue weighted by molar-refractivity contribution is 6.04. The lowest BCUT2D eigenvalue weighted by Crippen LogP contribution is -3.14. The second kappa shape index (κ2) is 9.42. The Labute approximate surface area is 161 Å². The summed E-state index contributed by atoms with van der Waals surface area (Å²) in [6.45, 7) is 10.7. The molecule has 144 valence electrons. The van der Waals surface area contributed by atoms with Crippen LogP contribution in [0.4, 0.5) is 11.4 Å². The molecule has 2 N–H and O–H groups in total. The summed E-state index contributed by atoms with van der Waals surface area (Å²) >= 11 is 0. The predicted octanol–water partition coefficient (Wildman–Crippen LogP) is 2.45. The van der Waals surface area contributed by atoms with E-state index in [9.17, 15) is 4.79 Å². The minimum atomic E-state index is -0.121. The summed E-state index contributed by atoms with van der Waals surface area (Å²) in [5.74, 6) is 0.609. The van der Waals surface area contributed by atoms with Gasteiger partial charge in [-0.3, -0.25) is 4.79 Å². The summed E-state index contributed by atoms with van der Waals surface area (Å²) in [5.41, 5.74) is 2.63. The lowest BCUT2D eigenvalue weighted by atomic mass is 10.2. The van der Waals surface area contributed by atoms with Crippen molar-refractivity contribution in [3.63, 3.8) is 0 Å². The van der Waals surface area contributed by atoms with Crippen LogP contribution in [-0.2, 0) is 0 Å². The van der Waals surface area contributed by atoms with Crippen LogP contribution >= 0.6 is 0 Å². The monoisotopic (exact) mass is 368 g/mol. The average Bonchev–Trinajstić information content (AvgIpc) is 2.73. The highest BCUT2D eigenvalue weighted by atomic mass is 16.5. The fourth-order valence-corrected chi connectivity index (χ4v) is 3.34. The van der Waals surface area contributed by atoms with Gasteiger partial charge in [-0.1, -0.05) is 13.0 Å². The fourth-order valence-electron chi connectivity index (χ4n) is 3.34. The molecule has 1 heterocycles. The summed E-state index contributed by atoms with van der Waals surface area (Å²) in [5, 5.41) is 2.97. The number of piperazine rings is 1. The van der Waals surface area contributed by atoms with Crippen LogP contribution in [0.3, 0.4) is 0 Å². The van der Waals surface area contributed by atoms with Gasteiger partial charge in [-0.2, -0.15) is 0 Å². The van der Waals surface area contributed by atoms with Crippen LogP contribution in [-0.4, -0.2) is 45.2 Å². The van der Waals surface area contributed by atoms with E-state index in [1.54, 1.807) is 17.0 Å². The molecule has 3 rings (SSSR count). The number of nitrogens with zero attached hydrogens (tertiary/aromatic N) is 1. The molecule has 5 heteroatoms. The van der Waals surface area contributed by atoms with Gasteiger partial charge in [0.1, 0.15) is 5.75 Å². The Bertz CT molecular complexity index is 737. The number of ether oxygens (including phenoxy) is 1. The number of rotatable bonds is 7. The van der Waals surface area contributed by atoms with Crippen LogP contribution in [0.1, 0.15) is 30.6 Å². The van der Waals surface area contributed by atoms with E-state index >= 15 is 0 Å². The van der Waals surface area contributed by atoms with Gasteiger partial charge in [0.25, 0.3) is 5.91 Å². The second-order valence-corrected chi connectivity index (χ2v) is 6.97. The van der Waals surface area contributed by atoms with E-state index in [1.165, 1.54) is 25.3 Å². The van der Waals surface area contributed by atoms with Gasteiger partial charge in [0.2, 0.25) is 0 Å². The molecule has 1 saturated heterocycles. The molecule has 2 aromatic carbocycles. The van der Waals surface area contributed by atoms with Gasteiger partial charge in [-0.05, 0) is 55.8 Å². The van der Waals surface area contributed by atoms with Crippen LogP contribution < -0.4 is 19.9 Å². The summed E-state index contributed by atoms with van der Waals surface area (Å²) in [7, 11) is 0. The number of nitrogens with one attached hydrogen (secondary N) is 2. The van der Waals surface area contributed by atoms with Crippen LogP contribution in [0.2, 0.25) is 0 Å². The first-order valence-electron chi connectivity index (χ1n) is 9.92. The van der Waals surface area contributed by atoms with Crippen LogP contribution in [0.25, 0.3) is 0 Å². The fraction of sp³-hybridized carbons (Fsp3) is 0.409. The summed E-state index contributed by atoms with van der Waals surface area (Å²) < 4.78 is 5.61. The van der Waals surface area contributed by atoms with E-state index in [0.717, 1.165) is 30.9 Å². The van der Waals surface area contributed by atoms with Crippen molar-refractivity contribution in [2.24, 2.45) is 0 Å². The molecule has 27 heavy (non-hydrogen) atoms. The lowest BCUT2D eigenvalue weighted by Gasteiger charge is -2.33. The molecule has 0 spiro atoms. The van der Waals surface area contributed by atoms with E-state index in [-0.39, 0.29) is 5.91 Å². The average molecular weight is 369 g/mol. The van der Waals surface area contributed by atoms with Crippen LogP contribution in [0.15, 0.2) is 48.5 Å². The zero-order valence-corrected chi connectivity index (χ0v) is 16.3. The summed E-state index contributed by atoms with van der Waals surface area (Å²) in [6.07, 6.45) is 0.942. The first kappa shape index (κ1) is 19.2. The minimum absolute atomic E-state index is 0.121. The van der Waals surface area contributed by atoms with Gasteiger partial charge in [0.15, 0.2) is 0 Å². The van der Waals surface area contributed by atoms with Crippen LogP contribution in [0, 0.1) is 0 Å². The highest BCUT2D eigenvalue weighted by Crippen LogP contribution is 2.20. The number of hydrogen-bond donors (Lipinski definition) is 2. The lowest BCUT2D eigenvalue weighted by molar-refractivity contribution is -0.898. The van der Waals surface area contributed by atoms with E-state index in [4.69, 9.17) is 4.74 Å². The van der Waals surface area contributed by atoms with Crippen molar-refractivity contribution in [2.45, 2.75) is 20.3 Å². The van der Waals surface area contributed by atoms with Gasteiger partial charge in [0, 0.05) is 16.9 Å². The number of amides is 1. The SMILES string of the molecule is CCCOc1cccc(C(=O)Nc2ccc(N3CC[NH+](CC)CC3)cc2)c1. The van der Waals surface area contributed by atoms with Crippen molar-refractivity contribution >= 4 is 17.3 Å². The number of quaternary nitrogens is 1. The first-order chi connectivity index (χ1) is 13.2. The molecule has 5 nitrogen and oxygen atoms in total. The Morgan fingerprint density at radius 1 is 1.11 bits per heavy atom. The molecule has 0 aromatic heterocycles. The predicted molar refractivity (Wildman–Crippen MR) is 110 cm³/mol. The summed E-state index contributed by atoms with van der Waals surface area (Å²) in [4.78, 5) is 16.6. The number of hydrogen-bond acceptors (Lipinski definition) is 3. The number of likely N-dealkylation sites (N-methyl/N-ethyl adjacent to an activating group) is 1. The topological polar surface area (TPSA) is 46.0 Å². The molecule has 1 amide bonds. The molecule has 0 atom stereocenters. The molecule has 0 unspecified atom stereocenters. The Morgan fingerprint density at radius 2 is 1.85 bits per heavy atom. The molecule has 0 radical (unpaired) electrons. The maximum Gasteiger partial charge on any atom is 0.255 e. The van der Waals surface area contributed by atoms with Crippen LogP contribution in [0.5, 0.6) is 5.75 Å². The molecular weight excluding hydrogens is 338 g/mol. The number of carbonyl (C=O) groups is 1. The number of carbonyl (C=O) groups excluding carboxylic acids is 1. The first-order valence-corrected chi connectivity index (χ1v) is 9.92. The van der Waals surface area contributed by atoms with Crippen molar-refractivity contribution < 1.29 is 14.4 Å². The highest BCUT2D eigenvalue weighted by Gasteiger charge is 2.18. The maximum atomic E-state index is 12.5. The number of anilines is 2. The zero-order valence-electron chi connectivity index (χ0n) is 16.3. The molecule has 0 bridgehead atoms. The smallest absolute Gasteiger partial charge is 0.255 e. The Hall–Kier alpha value is -2.53. The molecule has 1 aliphatic rings. The largest absolute Gasteiger partial charge is 0.494 e. The Morgan fingerprint density at radius 3 is 2.52 bits per heavy atom. The molecule has 1 aliphatic heterocycles. The van der Waals surface area contributed by atoms with Crippen molar-refractivity contribution in [3.05, 3.63) is 54.1 Å². The Balaban J connectivity index is 1.59. The van der Waals surface area contributed by atoms with Gasteiger partial charge < -0.3 is 19.9 Å². The third kappa shape index (κ3) is 5.23. The van der Waals surface area contributed by atoms with Crippen molar-refractivity contribution in [3.8, 4) is 5.75 Å². The van der Waals surface area contributed by atoms with Crippen molar-refractivity contribution in [2.75, 3.05) is 49.5 Å². The zero-order chi connectivity index (χ0) is 19.1. The second-order valence-electron chi connectivity index (χ2n) is 6.97. The molecule has 0 saturated carbocycles. The standard InChI is InChI=1S/C22H29N3O2/c1-3-16-27-21-7-5-6-18(17-21)22(26)23-19-8-10-20(11-9-19)25-14-12-24(4-2)13-15-25/h5-11,17H,3-4,12-16H2,1-2H3,(H,23,26)/p+1. The minimum Gasteiger partial charge on any atom is -0.494 e. The van der Waals surface area contributed by atoms with Gasteiger partial charge in [-0.25, -0.2) is 0 Å². The molecule has 2 aromatic rings.